The van der Waals surface area contributed by atoms with E-state index in [4.69, 9.17) is 4.98 Å². The van der Waals surface area contributed by atoms with Crippen molar-refractivity contribution in [2.75, 3.05) is 6.67 Å². The lowest BCUT2D eigenvalue weighted by Crippen LogP contribution is -2.37. The molecule has 39 heavy (non-hydrogen) atoms. The fourth-order valence-corrected chi connectivity index (χ4v) is 5.23. The molecule has 10 nitrogen and oxygen atoms in total. The first-order chi connectivity index (χ1) is 18.8. The second-order valence-corrected chi connectivity index (χ2v) is 10.5. The molecule has 3 heterocycles. The molecule has 2 atom stereocenters. The Balaban J connectivity index is 1.41. The fraction of sp³-hybridized carbons (Fsp3) is 0.615. The van der Waals surface area contributed by atoms with Crippen molar-refractivity contribution in [3.05, 3.63) is 41.6 Å². The predicted octanol–water partition coefficient (Wildman–Crippen LogP) is 3.95. The summed E-state index contributed by atoms with van der Waals surface area (Å²) in [6.45, 7) is 1.21. The molecule has 210 valence electrons. The van der Waals surface area contributed by atoms with Crippen molar-refractivity contribution >= 4 is 17.5 Å². The zero-order chi connectivity index (χ0) is 27.6. The first kappa shape index (κ1) is 27.1. The van der Waals surface area contributed by atoms with Crippen LogP contribution in [-0.2, 0) is 11.3 Å². The number of aromatic nitrogens is 6. The van der Waals surface area contributed by atoms with E-state index in [9.17, 15) is 22.8 Å². The minimum absolute atomic E-state index is 0.00127. The lowest BCUT2D eigenvalue weighted by atomic mass is 9.81. The minimum atomic E-state index is -2.73. The quantitative estimate of drug-likeness (QED) is 0.376. The molecule has 3 aromatic heterocycles. The Hall–Kier alpha value is -3.51. The Morgan fingerprint density at radius 3 is 2.51 bits per heavy atom. The maximum atomic E-state index is 13.9. The Morgan fingerprint density at radius 1 is 1.08 bits per heavy atom. The SMILES string of the molecule is CCCC(=O)N[C@@H](c1cnn2cc([C@@H](NC(=O)c3cnn(CCF)n3)C3CCC(F)(F)CC3)nc2c1)C1CC1. The van der Waals surface area contributed by atoms with Crippen LogP contribution in [0, 0.1) is 11.8 Å². The molecular weight excluding hydrogens is 513 g/mol. The van der Waals surface area contributed by atoms with Crippen LogP contribution in [0.25, 0.3) is 5.65 Å². The predicted molar refractivity (Wildman–Crippen MR) is 135 cm³/mol. The van der Waals surface area contributed by atoms with E-state index in [1.807, 2.05) is 13.0 Å². The van der Waals surface area contributed by atoms with Gasteiger partial charge in [-0.25, -0.2) is 22.7 Å². The van der Waals surface area contributed by atoms with Crippen LogP contribution in [-0.4, -0.2) is 54.0 Å². The summed E-state index contributed by atoms with van der Waals surface area (Å²) in [4.78, 5) is 31.2. The second kappa shape index (κ2) is 11.3. The number of carbonyl (C=O) groups is 2. The van der Waals surface area contributed by atoms with Gasteiger partial charge in [-0.1, -0.05) is 6.92 Å². The van der Waals surface area contributed by atoms with Crippen LogP contribution in [0.5, 0.6) is 0 Å². The van der Waals surface area contributed by atoms with Crippen molar-refractivity contribution in [1.29, 1.82) is 0 Å². The van der Waals surface area contributed by atoms with Crippen LogP contribution >= 0.6 is 0 Å². The Labute approximate surface area is 223 Å². The molecule has 0 bridgehead atoms. The molecule has 2 amide bonds. The number of fused-ring (bicyclic) bond motifs is 1. The summed E-state index contributed by atoms with van der Waals surface area (Å²) >= 11 is 0. The third-order valence-corrected chi connectivity index (χ3v) is 7.50. The average molecular weight is 547 g/mol. The molecule has 2 saturated carbocycles. The number of hydrogen-bond acceptors (Lipinski definition) is 6. The van der Waals surface area contributed by atoms with Crippen LogP contribution in [0.1, 0.15) is 92.1 Å². The third kappa shape index (κ3) is 6.39. The summed E-state index contributed by atoms with van der Waals surface area (Å²) in [5.74, 6) is -3.19. The first-order valence-electron chi connectivity index (χ1n) is 13.6. The molecule has 2 N–H and O–H groups in total. The number of carbonyl (C=O) groups excluding carboxylic acids is 2. The summed E-state index contributed by atoms with van der Waals surface area (Å²) in [7, 11) is 0. The standard InChI is InChI=1S/C26H33F3N8O2/c1-2-3-22(38)33-23(16-4-5-16)18-12-21-32-20(15-36(21)30-13-18)24(17-6-8-26(28,29)9-7-17)34-25(39)19-14-31-37(35-19)11-10-27/h12-17,23-24H,2-11H2,1H3,(H,33,38)(H,34,39)/t23-,24+/m1/s1. The smallest absolute Gasteiger partial charge is 0.274 e. The number of rotatable bonds is 11. The molecule has 0 aliphatic heterocycles. The van der Waals surface area contributed by atoms with Gasteiger partial charge in [-0.3, -0.25) is 9.59 Å². The topological polar surface area (TPSA) is 119 Å². The summed E-state index contributed by atoms with van der Waals surface area (Å²) in [6, 6.07) is 1.07. The molecule has 3 aromatic rings. The van der Waals surface area contributed by atoms with Gasteiger partial charge in [0.25, 0.3) is 5.91 Å². The van der Waals surface area contributed by atoms with E-state index in [1.54, 1.807) is 16.9 Å². The van der Waals surface area contributed by atoms with Crippen molar-refractivity contribution in [3.8, 4) is 0 Å². The van der Waals surface area contributed by atoms with Crippen molar-refractivity contribution in [3.63, 3.8) is 0 Å². The average Bonchev–Trinajstić information content (AvgIpc) is 3.48. The van der Waals surface area contributed by atoms with Gasteiger partial charge in [0.05, 0.1) is 42.9 Å². The molecule has 0 saturated heterocycles. The number of aryl methyl sites for hydroxylation is 1. The summed E-state index contributed by atoms with van der Waals surface area (Å²) in [5, 5.41) is 18.4. The lowest BCUT2D eigenvalue weighted by molar-refractivity contribution is -0.122. The van der Waals surface area contributed by atoms with E-state index in [0.29, 0.717) is 23.7 Å². The van der Waals surface area contributed by atoms with Gasteiger partial charge in [-0.15, -0.1) is 5.10 Å². The Bertz CT molecular complexity index is 1310. The third-order valence-electron chi connectivity index (χ3n) is 7.50. The highest BCUT2D eigenvalue weighted by Crippen LogP contribution is 2.42. The molecule has 0 aromatic carbocycles. The first-order valence-corrected chi connectivity index (χ1v) is 13.6. The van der Waals surface area contributed by atoms with Gasteiger partial charge >= 0.3 is 0 Å². The highest BCUT2D eigenvalue weighted by atomic mass is 19.3. The van der Waals surface area contributed by atoms with E-state index in [-0.39, 0.29) is 55.8 Å². The molecule has 0 spiro atoms. The van der Waals surface area contributed by atoms with Gasteiger partial charge in [0.15, 0.2) is 11.3 Å². The van der Waals surface area contributed by atoms with Gasteiger partial charge in [0.1, 0.15) is 6.67 Å². The van der Waals surface area contributed by atoms with Crippen LogP contribution in [0.3, 0.4) is 0 Å². The second-order valence-electron chi connectivity index (χ2n) is 10.5. The zero-order valence-electron chi connectivity index (χ0n) is 21.8. The van der Waals surface area contributed by atoms with Crippen LogP contribution in [0.15, 0.2) is 24.7 Å². The number of alkyl halides is 3. The molecule has 2 aliphatic carbocycles. The maximum Gasteiger partial charge on any atom is 0.274 e. The molecule has 5 rings (SSSR count). The van der Waals surface area contributed by atoms with Crippen molar-refractivity contribution < 1.29 is 22.8 Å². The molecular formula is C26H33F3N8O2. The molecule has 0 radical (unpaired) electrons. The highest BCUT2D eigenvalue weighted by Gasteiger charge is 2.40. The normalized spacial score (nSPS) is 19.1. The number of nitrogens with zero attached hydrogens (tertiary/aromatic N) is 6. The van der Waals surface area contributed by atoms with Gasteiger partial charge in [-0.2, -0.15) is 15.0 Å². The number of amides is 2. The van der Waals surface area contributed by atoms with E-state index < -0.39 is 24.5 Å². The van der Waals surface area contributed by atoms with Crippen LogP contribution in [0.4, 0.5) is 13.2 Å². The number of imidazole rings is 1. The molecule has 2 aliphatic rings. The summed E-state index contributed by atoms with van der Waals surface area (Å²) in [5.41, 5.74) is 1.90. The van der Waals surface area contributed by atoms with Gasteiger partial charge in [0.2, 0.25) is 11.8 Å². The van der Waals surface area contributed by atoms with E-state index in [1.165, 1.54) is 6.20 Å². The molecule has 2 fully saturated rings. The van der Waals surface area contributed by atoms with Gasteiger partial charge < -0.3 is 10.6 Å². The van der Waals surface area contributed by atoms with E-state index >= 15 is 0 Å². The fourth-order valence-electron chi connectivity index (χ4n) is 5.23. The van der Waals surface area contributed by atoms with Gasteiger partial charge in [0, 0.05) is 19.3 Å². The van der Waals surface area contributed by atoms with E-state index in [0.717, 1.165) is 29.6 Å². The summed E-state index contributed by atoms with van der Waals surface area (Å²) in [6.07, 6.45) is 7.81. The Kier molecular flexibility index (Phi) is 7.85. The molecule has 13 heteroatoms. The monoisotopic (exact) mass is 546 g/mol. The van der Waals surface area contributed by atoms with Crippen molar-refractivity contribution in [1.82, 2.24) is 40.2 Å². The number of halogens is 3. The van der Waals surface area contributed by atoms with Crippen LogP contribution in [0.2, 0.25) is 0 Å². The number of nitrogens with one attached hydrogen (secondary N) is 2. The van der Waals surface area contributed by atoms with Crippen molar-refractivity contribution in [2.24, 2.45) is 11.8 Å². The largest absolute Gasteiger partial charge is 0.349 e. The molecule has 0 unspecified atom stereocenters. The Morgan fingerprint density at radius 2 is 1.82 bits per heavy atom. The van der Waals surface area contributed by atoms with Gasteiger partial charge in [-0.05, 0) is 55.6 Å². The lowest BCUT2D eigenvalue weighted by Gasteiger charge is -2.33. The van der Waals surface area contributed by atoms with Crippen molar-refractivity contribution in [2.45, 2.75) is 82.8 Å². The van der Waals surface area contributed by atoms with Crippen LogP contribution < -0.4 is 10.6 Å². The van der Waals surface area contributed by atoms with E-state index in [2.05, 4.69) is 25.9 Å². The zero-order valence-corrected chi connectivity index (χ0v) is 21.8. The highest BCUT2D eigenvalue weighted by molar-refractivity contribution is 5.92. The summed E-state index contributed by atoms with van der Waals surface area (Å²) < 4.78 is 42.1. The minimum Gasteiger partial charge on any atom is -0.349 e. The number of hydrogen-bond donors (Lipinski definition) is 2. The maximum absolute atomic E-state index is 13.9.